The summed E-state index contributed by atoms with van der Waals surface area (Å²) < 4.78 is 10.9. The van der Waals surface area contributed by atoms with E-state index in [-0.39, 0.29) is 0 Å². The summed E-state index contributed by atoms with van der Waals surface area (Å²) in [6, 6.07) is 8.51. The number of alkyl halides is 1. The monoisotopic (exact) mass is 376 g/mol. The van der Waals surface area contributed by atoms with Gasteiger partial charge in [-0.15, -0.1) is 0 Å². The highest BCUT2D eigenvalue weighted by atomic mass is 79.9. The van der Waals surface area contributed by atoms with Crippen molar-refractivity contribution in [2.75, 3.05) is 19.5 Å². The van der Waals surface area contributed by atoms with E-state index in [1.807, 2.05) is 0 Å². The van der Waals surface area contributed by atoms with E-state index in [0.717, 1.165) is 16.8 Å². The number of rotatable bonds is 5. The molecule has 0 unspecified atom stereocenters. The Morgan fingerprint density at radius 3 is 1.43 bits per heavy atom. The van der Waals surface area contributed by atoms with Crippen LogP contribution in [0.25, 0.3) is 0 Å². The van der Waals surface area contributed by atoms with Gasteiger partial charge >= 0.3 is 0 Å². The van der Waals surface area contributed by atoms with Gasteiger partial charge in [0, 0.05) is 11.2 Å². The summed E-state index contributed by atoms with van der Waals surface area (Å²) in [6.07, 6.45) is 0. The normalized spacial score (nSPS) is 11.0. The first-order chi connectivity index (χ1) is 11.0. The molecule has 0 aromatic heterocycles. The van der Waals surface area contributed by atoms with Gasteiger partial charge in [0.05, 0.1) is 14.2 Å². The largest absolute Gasteiger partial charge is 0.496 e. The molecule has 0 saturated heterocycles. The van der Waals surface area contributed by atoms with E-state index < -0.39 is 0 Å². The van der Waals surface area contributed by atoms with Gasteiger partial charge in [0.15, 0.2) is 0 Å². The molecule has 0 fully saturated rings. The van der Waals surface area contributed by atoms with Gasteiger partial charge in [-0.1, -0.05) is 28.1 Å². The second-order valence-corrected chi connectivity index (χ2v) is 6.57. The third kappa shape index (κ3) is 3.25. The Balaban J connectivity index is 2.58. The average Bonchev–Trinajstić information content (AvgIpc) is 2.56. The smallest absolute Gasteiger partial charge is 0.122 e. The van der Waals surface area contributed by atoms with E-state index in [9.17, 15) is 0 Å². The minimum absolute atomic E-state index is 0.309. The van der Waals surface area contributed by atoms with Crippen molar-refractivity contribution in [2.24, 2.45) is 0 Å². The first-order valence-corrected chi connectivity index (χ1v) is 8.92. The lowest BCUT2D eigenvalue weighted by Crippen LogP contribution is -2.09. The molecule has 0 amide bonds. The molecule has 0 spiro atoms. The Kier molecular flexibility index (Phi) is 5.74. The van der Waals surface area contributed by atoms with E-state index >= 15 is 0 Å². The fraction of sp³-hybridized carbons (Fsp3) is 0.400. The van der Waals surface area contributed by atoms with Crippen LogP contribution >= 0.6 is 15.9 Å². The second-order valence-electron chi connectivity index (χ2n) is 5.92. The number of halogens is 1. The molecule has 0 aliphatic carbocycles. The summed E-state index contributed by atoms with van der Waals surface area (Å²) in [5, 5.41) is 0.881. The van der Waals surface area contributed by atoms with Gasteiger partial charge < -0.3 is 9.47 Å². The SMILES string of the molecule is COc1ccc(C(CBr)c2ccc(OC)c(C)c2C)c(C)c1C. The third-order valence-electron chi connectivity index (χ3n) is 4.90. The lowest BCUT2D eigenvalue weighted by molar-refractivity contribution is 0.411. The van der Waals surface area contributed by atoms with Crippen LogP contribution in [0.1, 0.15) is 39.3 Å². The highest BCUT2D eigenvalue weighted by molar-refractivity contribution is 9.09. The fourth-order valence-corrected chi connectivity index (χ4v) is 3.86. The minimum atomic E-state index is 0.309. The van der Waals surface area contributed by atoms with Crippen LogP contribution in [0.5, 0.6) is 11.5 Å². The number of ether oxygens (including phenoxy) is 2. The van der Waals surface area contributed by atoms with E-state index in [1.165, 1.54) is 33.4 Å². The molecule has 2 aromatic rings. The molecule has 0 aliphatic heterocycles. The molecule has 0 N–H and O–H groups in total. The molecule has 0 aliphatic rings. The Labute approximate surface area is 148 Å². The van der Waals surface area contributed by atoms with Gasteiger partial charge in [-0.25, -0.2) is 0 Å². The molecule has 0 atom stereocenters. The lowest BCUT2D eigenvalue weighted by Gasteiger charge is -2.23. The maximum atomic E-state index is 5.44. The van der Waals surface area contributed by atoms with Crippen molar-refractivity contribution in [3.63, 3.8) is 0 Å². The van der Waals surface area contributed by atoms with Crippen LogP contribution in [0.3, 0.4) is 0 Å². The lowest BCUT2D eigenvalue weighted by atomic mass is 9.85. The Morgan fingerprint density at radius 1 is 0.739 bits per heavy atom. The zero-order valence-electron chi connectivity index (χ0n) is 14.8. The first kappa shape index (κ1) is 17.9. The van der Waals surface area contributed by atoms with E-state index in [0.29, 0.717) is 5.92 Å². The van der Waals surface area contributed by atoms with Crippen molar-refractivity contribution >= 4 is 15.9 Å². The van der Waals surface area contributed by atoms with Crippen molar-refractivity contribution in [3.05, 3.63) is 57.6 Å². The summed E-state index contributed by atoms with van der Waals surface area (Å²) in [6.45, 7) is 8.59. The molecule has 2 rings (SSSR count). The van der Waals surface area contributed by atoms with Crippen molar-refractivity contribution < 1.29 is 9.47 Å². The van der Waals surface area contributed by atoms with E-state index in [4.69, 9.17) is 9.47 Å². The standard InChI is InChI=1S/C20H25BrO2/c1-12-14(3)19(22-5)9-7-16(12)18(11-21)17-8-10-20(23-6)15(4)13(17)2/h7-10,18H,11H2,1-6H3. The predicted octanol–water partition coefficient (Wildman–Crippen LogP) is 5.46. The van der Waals surface area contributed by atoms with Crippen LogP contribution < -0.4 is 9.47 Å². The molecular formula is C20H25BrO2. The van der Waals surface area contributed by atoms with Crippen LogP contribution in [0.15, 0.2) is 24.3 Å². The Bertz CT molecular complexity index is 648. The van der Waals surface area contributed by atoms with Gasteiger partial charge in [-0.05, 0) is 73.2 Å². The van der Waals surface area contributed by atoms with E-state index in [1.54, 1.807) is 14.2 Å². The van der Waals surface area contributed by atoms with Crippen molar-refractivity contribution in [1.29, 1.82) is 0 Å². The minimum Gasteiger partial charge on any atom is -0.496 e. The van der Waals surface area contributed by atoms with Crippen molar-refractivity contribution in [3.8, 4) is 11.5 Å². The molecule has 2 aromatic carbocycles. The molecule has 0 saturated carbocycles. The summed E-state index contributed by atoms with van der Waals surface area (Å²) in [5.41, 5.74) is 7.68. The molecule has 124 valence electrons. The molecule has 0 heterocycles. The van der Waals surface area contributed by atoms with Crippen LogP contribution in [-0.4, -0.2) is 19.5 Å². The van der Waals surface area contributed by atoms with Gasteiger partial charge in [0.1, 0.15) is 11.5 Å². The summed E-state index contributed by atoms with van der Waals surface area (Å²) in [7, 11) is 3.45. The topological polar surface area (TPSA) is 18.5 Å². The fourth-order valence-electron chi connectivity index (χ4n) is 3.16. The summed E-state index contributed by atoms with van der Waals surface area (Å²) in [4.78, 5) is 0. The number of hydrogen-bond donors (Lipinski definition) is 0. The van der Waals surface area contributed by atoms with Crippen LogP contribution in [0.4, 0.5) is 0 Å². The predicted molar refractivity (Wildman–Crippen MR) is 101 cm³/mol. The van der Waals surface area contributed by atoms with Gasteiger partial charge in [0.2, 0.25) is 0 Å². The maximum Gasteiger partial charge on any atom is 0.122 e. The van der Waals surface area contributed by atoms with Gasteiger partial charge in [-0.3, -0.25) is 0 Å². The van der Waals surface area contributed by atoms with E-state index in [2.05, 4.69) is 67.9 Å². The number of benzene rings is 2. The molecular weight excluding hydrogens is 352 g/mol. The third-order valence-corrected chi connectivity index (χ3v) is 5.55. The van der Waals surface area contributed by atoms with Crippen LogP contribution in [0, 0.1) is 27.7 Å². The zero-order valence-corrected chi connectivity index (χ0v) is 16.4. The quantitative estimate of drug-likeness (QED) is 0.644. The summed E-state index contributed by atoms with van der Waals surface area (Å²) >= 11 is 3.72. The highest BCUT2D eigenvalue weighted by Crippen LogP contribution is 2.37. The molecule has 3 heteroatoms. The Morgan fingerprint density at radius 2 is 1.13 bits per heavy atom. The molecule has 0 bridgehead atoms. The molecule has 2 nitrogen and oxygen atoms in total. The molecule has 23 heavy (non-hydrogen) atoms. The number of methoxy groups -OCH3 is 2. The highest BCUT2D eigenvalue weighted by Gasteiger charge is 2.20. The second kappa shape index (κ2) is 7.39. The zero-order chi connectivity index (χ0) is 17.1. The summed E-state index contributed by atoms with van der Waals surface area (Å²) in [5.74, 6) is 2.20. The van der Waals surface area contributed by atoms with Crippen LogP contribution in [-0.2, 0) is 0 Å². The van der Waals surface area contributed by atoms with Crippen molar-refractivity contribution in [1.82, 2.24) is 0 Å². The van der Waals surface area contributed by atoms with Crippen molar-refractivity contribution in [2.45, 2.75) is 33.6 Å². The number of hydrogen-bond acceptors (Lipinski definition) is 2. The maximum absolute atomic E-state index is 5.44. The first-order valence-electron chi connectivity index (χ1n) is 7.80. The average molecular weight is 377 g/mol. The van der Waals surface area contributed by atoms with Gasteiger partial charge in [0.25, 0.3) is 0 Å². The molecule has 0 radical (unpaired) electrons. The van der Waals surface area contributed by atoms with Gasteiger partial charge in [-0.2, -0.15) is 0 Å². The Hall–Kier alpha value is -1.48. The van der Waals surface area contributed by atoms with Crippen LogP contribution in [0.2, 0.25) is 0 Å².